The fourth-order valence-corrected chi connectivity index (χ4v) is 9.43. The molecule has 3 heterocycles. The molecule has 9 nitrogen and oxygen atoms in total. The average Bonchev–Trinajstić information content (AvgIpc) is 3.64. The van der Waals surface area contributed by atoms with Crippen molar-refractivity contribution in [2.45, 2.75) is 44.6 Å². The first-order valence-electron chi connectivity index (χ1n) is 17.0. The van der Waals surface area contributed by atoms with E-state index >= 15 is 0 Å². The van der Waals surface area contributed by atoms with Gasteiger partial charge in [0, 0.05) is 65.8 Å². The molecule has 3 N–H and O–H groups in total. The Kier molecular flexibility index (Phi) is 6.81. The zero-order valence-corrected chi connectivity index (χ0v) is 28.7. The summed E-state index contributed by atoms with van der Waals surface area (Å²) in [7, 11) is 1.57. The maximum absolute atomic E-state index is 14.2. The van der Waals surface area contributed by atoms with Crippen LogP contribution >= 0.6 is 11.6 Å². The highest BCUT2D eigenvalue weighted by Gasteiger charge is 2.72. The summed E-state index contributed by atoms with van der Waals surface area (Å²) in [5, 5.41) is 12.7. The number of nitrogens with two attached hydrogens (primary N) is 1. The van der Waals surface area contributed by atoms with Gasteiger partial charge in [-0.2, -0.15) is 0 Å². The van der Waals surface area contributed by atoms with Gasteiger partial charge in [-0.1, -0.05) is 30.3 Å². The van der Waals surface area contributed by atoms with Crippen LogP contribution in [0.1, 0.15) is 58.6 Å². The van der Waals surface area contributed by atoms with E-state index in [-0.39, 0.29) is 34.9 Å². The largest absolute Gasteiger partial charge is 0.507 e. The van der Waals surface area contributed by atoms with Crippen molar-refractivity contribution in [1.82, 2.24) is 4.90 Å². The second kappa shape index (κ2) is 11.0. The molecule has 4 aromatic rings. The van der Waals surface area contributed by atoms with E-state index < -0.39 is 5.41 Å². The van der Waals surface area contributed by atoms with Crippen molar-refractivity contribution >= 4 is 63.0 Å². The third-order valence-electron chi connectivity index (χ3n) is 11.5. The van der Waals surface area contributed by atoms with Crippen LogP contribution in [0.5, 0.6) is 17.2 Å². The van der Waals surface area contributed by atoms with E-state index in [4.69, 9.17) is 31.8 Å². The van der Waals surface area contributed by atoms with E-state index in [1.54, 1.807) is 30.2 Å². The highest BCUT2D eigenvalue weighted by Crippen LogP contribution is 2.74. The number of aromatic hydroxyl groups is 1. The smallest absolute Gasteiger partial charge is 0.260 e. The van der Waals surface area contributed by atoms with Gasteiger partial charge in [0.1, 0.15) is 5.75 Å². The number of methoxy groups -OCH3 is 1. The van der Waals surface area contributed by atoms with Crippen LogP contribution in [0, 0.1) is 17.8 Å². The zero-order valence-electron chi connectivity index (χ0n) is 27.9. The Labute approximate surface area is 294 Å². The fourth-order valence-electron chi connectivity index (χ4n) is 9.18. The Morgan fingerprint density at radius 3 is 2.62 bits per heavy atom. The molecule has 1 unspecified atom stereocenters. The normalized spacial score (nSPS) is 25.7. The maximum atomic E-state index is 14.2. The highest BCUT2D eigenvalue weighted by molar-refractivity contribution is 6.19. The average molecular weight is 689 g/mol. The van der Waals surface area contributed by atoms with Gasteiger partial charge < -0.3 is 30.1 Å². The second-order valence-corrected chi connectivity index (χ2v) is 15.1. The number of benzene rings is 4. The Balaban J connectivity index is 0.907. The summed E-state index contributed by atoms with van der Waals surface area (Å²) < 4.78 is 12.1. The first-order chi connectivity index (χ1) is 24.1. The lowest BCUT2D eigenvalue weighted by molar-refractivity contribution is -0.215. The predicted octanol–water partition coefficient (Wildman–Crippen LogP) is 7.33. The van der Waals surface area contributed by atoms with Crippen molar-refractivity contribution in [1.29, 1.82) is 0 Å². The standard InChI is InChI=1S/C40H37ClN4O5/c1-22-4-3-5-28-32(46)13-31-36(35(22)28)25(14-41)17-45(31)38(48)40-18-39(19-40,20-40)21-50-34-12-30-29(11-33(34)49-2)37(47)44-16-24(10-27(44)15-43-30)23-6-8-26(42)9-7-23/h3-9,11-13,15-16,25,27,46H,10,14,17-21,42H2,1-2H3/t25-,27?,39?,40?/m1/s1. The van der Waals surface area contributed by atoms with Crippen molar-refractivity contribution in [3.63, 3.8) is 0 Å². The van der Waals surface area contributed by atoms with Gasteiger partial charge in [-0.15, -0.1) is 11.6 Å². The molecule has 0 radical (unpaired) electrons. The summed E-state index contributed by atoms with van der Waals surface area (Å²) in [5.41, 5.74) is 12.0. The minimum absolute atomic E-state index is 0.00199. The number of halogens is 1. The van der Waals surface area contributed by atoms with E-state index in [0.717, 1.165) is 58.0 Å². The van der Waals surface area contributed by atoms with E-state index in [0.29, 0.717) is 53.9 Å². The van der Waals surface area contributed by atoms with Crippen LogP contribution in [-0.4, -0.2) is 60.2 Å². The molecule has 4 aromatic carbocycles. The lowest BCUT2D eigenvalue weighted by Gasteiger charge is -2.69. The topological polar surface area (TPSA) is 118 Å². The summed E-state index contributed by atoms with van der Waals surface area (Å²) in [6.07, 6.45) is 6.59. The number of carbonyl (C=O) groups excluding carboxylic acids is 2. The number of fused-ring (bicyclic) bond motifs is 5. The van der Waals surface area contributed by atoms with Gasteiger partial charge in [0.2, 0.25) is 5.91 Å². The number of phenolic OH excluding ortho intramolecular Hbond substituents is 1. The fraction of sp³-hybridized carbons (Fsp3) is 0.325. The third kappa shape index (κ3) is 4.48. The monoisotopic (exact) mass is 688 g/mol. The van der Waals surface area contributed by atoms with Crippen LogP contribution in [0.15, 0.2) is 71.9 Å². The molecule has 10 rings (SSSR count). The first-order valence-corrected chi connectivity index (χ1v) is 17.6. The zero-order chi connectivity index (χ0) is 34.5. The van der Waals surface area contributed by atoms with Crippen molar-refractivity contribution in [3.05, 3.63) is 89.1 Å². The molecule has 0 aromatic heterocycles. The number of aliphatic imine (C=N–C) groups is 1. The maximum Gasteiger partial charge on any atom is 0.260 e. The van der Waals surface area contributed by atoms with E-state index in [1.165, 1.54) is 0 Å². The molecular weight excluding hydrogens is 652 g/mol. The molecule has 3 saturated carbocycles. The molecular formula is C40H37ClN4O5. The minimum atomic E-state index is -0.433. The summed E-state index contributed by atoms with van der Waals surface area (Å²) in [6, 6.07) is 18.6. The lowest BCUT2D eigenvalue weighted by atomic mass is 9.35. The summed E-state index contributed by atoms with van der Waals surface area (Å²) in [6.45, 7) is 2.98. The summed E-state index contributed by atoms with van der Waals surface area (Å²) in [5.74, 6) is 1.52. The number of aryl methyl sites for hydroxylation is 1. The molecule has 254 valence electrons. The predicted molar refractivity (Wildman–Crippen MR) is 195 cm³/mol. The van der Waals surface area contributed by atoms with Gasteiger partial charge in [0.15, 0.2) is 11.5 Å². The van der Waals surface area contributed by atoms with Crippen LogP contribution < -0.4 is 20.1 Å². The molecule has 6 aliphatic rings. The Morgan fingerprint density at radius 2 is 1.88 bits per heavy atom. The van der Waals surface area contributed by atoms with Gasteiger partial charge >= 0.3 is 0 Å². The highest BCUT2D eigenvalue weighted by atomic mass is 35.5. The van der Waals surface area contributed by atoms with Crippen molar-refractivity contribution in [2.24, 2.45) is 15.8 Å². The van der Waals surface area contributed by atoms with E-state index in [9.17, 15) is 14.7 Å². The van der Waals surface area contributed by atoms with Crippen molar-refractivity contribution < 1.29 is 24.2 Å². The number of ether oxygens (including phenoxy) is 2. The first kappa shape index (κ1) is 31.0. The van der Waals surface area contributed by atoms with Gasteiger partial charge in [-0.05, 0) is 72.0 Å². The molecule has 3 aliphatic heterocycles. The number of nitrogen functional groups attached to an aromatic ring is 1. The van der Waals surface area contributed by atoms with Crippen LogP contribution in [0.2, 0.25) is 0 Å². The number of hydrogen-bond acceptors (Lipinski definition) is 7. The van der Waals surface area contributed by atoms with Gasteiger partial charge in [-0.25, -0.2) is 0 Å². The molecule has 3 aliphatic carbocycles. The van der Waals surface area contributed by atoms with Crippen LogP contribution in [-0.2, 0) is 4.79 Å². The number of carbonyl (C=O) groups is 2. The molecule has 2 bridgehead atoms. The lowest BCUT2D eigenvalue weighted by Crippen LogP contribution is -2.70. The SMILES string of the molecule is COc1cc2c(cc1OCC13CC(C(=O)N4C[C@@H](CCl)c5c4cc(O)c4cccc(C)c54)(C1)C3)N=CC1CC(c3ccc(N)cc3)=CN1C2=O. The number of anilines is 2. The molecule has 0 saturated heterocycles. The third-order valence-corrected chi connectivity index (χ3v) is 11.9. The number of hydrogen-bond donors (Lipinski definition) is 2. The van der Waals surface area contributed by atoms with Gasteiger partial charge in [0.25, 0.3) is 5.91 Å². The van der Waals surface area contributed by atoms with Crippen molar-refractivity contribution in [3.8, 4) is 17.2 Å². The van der Waals surface area contributed by atoms with Gasteiger partial charge in [0.05, 0.1) is 42.1 Å². The number of phenols is 1. The molecule has 10 heteroatoms. The van der Waals surface area contributed by atoms with Crippen LogP contribution in [0.25, 0.3) is 16.3 Å². The van der Waals surface area contributed by atoms with E-state index in [1.807, 2.05) is 66.7 Å². The Morgan fingerprint density at radius 1 is 1.10 bits per heavy atom. The molecule has 3 fully saturated rings. The Hall–Kier alpha value is -5.02. The van der Waals surface area contributed by atoms with Gasteiger partial charge in [-0.3, -0.25) is 14.6 Å². The van der Waals surface area contributed by atoms with Crippen molar-refractivity contribution in [2.75, 3.05) is 36.8 Å². The molecule has 2 atom stereocenters. The van der Waals surface area contributed by atoms with Crippen LogP contribution in [0.3, 0.4) is 0 Å². The Bertz CT molecular complexity index is 2170. The summed E-state index contributed by atoms with van der Waals surface area (Å²) >= 11 is 6.47. The number of alkyl halides is 1. The molecule has 2 amide bonds. The number of rotatable bonds is 7. The summed E-state index contributed by atoms with van der Waals surface area (Å²) in [4.78, 5) is 36.3. The molecule has 0 spiro atoms. The van der Waals surface area contributed by atoms with Crippen LogP contribution in [0.4, 0.5) is 17.1 Å². The van der Waals surface area contributed by atoms with E-state index in [2.05, 4.69) is 0 Å². The number of amides is 2. The second-order valence-electron chi connectivity index (χ2n) is 14.8. The quantitative estimate of drug-likeness (QED) is 0.155. The molecule has 50 heavy (non-hydrogen) atoms. The number of nitrogens with zero attached hydrogens (tertiary/aromatic N) is 3. The minimum Gasteiger partial charge on any atom is -0.507 e.